The Kier molecular flexibility index (Phi) is 8.96. The topological polar surface area (TPSA) is 91.4 Å². The van der Waals surface area contributed by atoms with Crippen molar-refractivity contribution >= 4 is 17.8 Å². The molecule has 0 spiro atoms. The minimum Gasteiger partial charge on any atom is -0.497 e. The number of carbonyl (C=O) groups excluding carboxylic acids is 3. The predicted molar refractivity (Wildman–Crippen MR) is 134 cm³/mol. The summed E-state index contributed by atoms with van der Waals surface area (Å²) in [5, 5.41) is 0. The number of ether oxygens (including phenoxy) is 4. The molecule has 1 fully saturated rings. The van der Waals surface area contributed by atoms with Crippen LogP contribution in [0.25, 0.3) is 0 Å². The van der Waals surface area contributed by atoms with Gasteiger partial charge in [-0.3, -0.25) is 9.59 Å². The number of rotatable bonds is 9. The van der Waals surface area contributed by atoms with Crippen LogP contribution in [0.4, 0.5) is 4.79 Å². The smallest absolute Gasteiger partial charge is 0.410 e. The van der Waals surface area contributed by atoms with Crippen molar-refractivity contribution in [3.63, 3.8) is 0 Å². The number of amides is 1. The van der Waals surface area contributed by atoms with E-state index in [-0.39, 0.29) is 17.9 Å². The van der Waals surface area contributed by atoms with Crippen LogP contribution in [0.2, 0.25) is 0 Å². The van der Waals surface area contributed by atoms with Gasteiger partial charge in [-0.15, -0.1) is 0 Å². The fraction of sp³-hybridized carbons (Fsp3) is 0.464. The van der Waals surface area contributed by atoms with Gasteiger partial charge >= 0.3 is 12.1 Å². The third kappa shape index (κ3) is 6.56. The van der Waals surface area contributed by atoms with Crippen molar-refractivity contribution in [1.82, 2.24) is 4.90 Å². The van der Waals surface area contributed by atoms with Crippen LogP contribution in [0, 0.1) is 5.41 Å². The molecular weight excluding hydrogens is 462 g/mol. The third-order valence-corrected chi connectivity index (χ3v) is 6.66. The lowest BCUT2D eigenvalue weighted by Gasteiger charge is -2.33. The summed E-state index contributed by atoms with van der Waals surface area (Å²) in [6.45, 7) is 6.42. The molecule has 1 aliphatic heterocycles. The molecular formula is C28H35NO7. The molecule has 1 amide bonds. The maximum Gasteiger partial charge on any atom is 0.410 e. The Hall–Kier alpha value is -3.55. The van der Waals surface area contributed by atoms with Crippen molar-refractivity contribution in [3.8, 4) is 11.5 Å². The summed E-state index contributed by atoms with van der Waals surface area (Å²) >= 11 is 0. The first-order valence-electron chi connectivity index (χ1n) is 12.2. The molecule has 8 nitrogen and oxygen atoms in total. The Morgan fingerprint density at radius 3 is 1.94 bits per heavy atom. The second-order valence-corrected chi connectivity index (χ2v) is 9.46. The number of methoxy groups -OCH3 is 2. The van der Waals surface area contributed by atoms with E-state index in [1.165, 1.54) is 0 Å². The zero-order valence-corrected chi connectivity index (χ0v) is 21.6. The van der Waals surface area contributed by atoms with Gasteiger partial charge in [-0.05, 0) is 56.7 Å². The third-order valence-electron chi connectivity index (χ3n) is 6.66. The van der Waals surface area contributed by atoms with Gasteiger partial charge in [0.2, 0.25) is 5.78 Å². The molecule has 0 aromatic heterocycles. The first-order chi connectivity index (χ1) is 17.2. The molecule has 1 aliphatic rings. The van der Waals surface area contributed by atoms with Gasteiger partial charge in [-0.1, -0.05) is 19.1 Å². The largest absolute Gasteiger partial charge is 0.497 e. The van der Waals surface area contributed by atoms with Crippen LogP contribution in [-0.4, -0.2) is 56.2 Å². The molecule has 8 heteroatoms. The summed E-state index contributed by atoms with van der Waals surface area (Å²) in [6.07, 6.45) is -0.244. The standard InChI is InChI=1S/C28H35NO7/c1-6-28(2,3)26(31)35-23-15-17-29(18-16-23)27(32)36-25(20-9-13-22(34-5)14-10-20)24(30)19-7-11-21(33-4)12-8-19/h7-14,23,25H,6,15-18H2,1-5H3. The highest BCUT2D eigenvalue weighted by molar-refractivity contribution is 6.01. The lowest BCUT2D eigenvalue weighted by Crippen LogP contribution is -2.43. The Morgan fingerprint density at radius 2 is 1.44 bits per heavy atom. The van der Waals surface area contributed by atoms with Crippen LogP contribution in [0.15, 0.2) is 48.5 Å². The summed E-state index contributed by atoms with van der Waals surface area (Å²) in [5.74, 6) is 0.677. The Bertz CT molecular complexity index is 1040. The zero-order valence-electron chi connectivity index (χ0n) is 21.6. The van der Waals surface area contributed by atoms with E-state index < -0.39 is 17.6 Å². The van der Waals surface area contributed by atoms with Crippen LogP contribution < -0.4 is 9.47 Å². The van der Waals surface area contributed by atoms with Crippen molar-refractivity contribution in [2.45, 2.75) is 52.2 Å². The van der Waals surface area contributed by atoms with E-state index in [4.69, 9.17) is 18.9 Å². The van der Waals surface area contributed by atoms with Gasteiger partial charge in [0.15, 0.2) is 6.10 Å². The summed E-state index contributed by atoms with van der Waals surface area (Å²) in [7, 11) is 3.10. The van der Waals surface area contributed by atoms with E-state index in [2.05, 4.69) is 0 Å². The molecule has 1 saturated heterocycles. The average molecular weight is 498 g/mol. The molecule has 0 N–H and O–H groups in total. The van der Waals surface area contributed by atoms with Crippen molar-refractivity contribution in [2.75, 3.05) is 27.3 Å². The molecule has 36 heavy (non-hydrogen) atoms. The van der Waals surface area contributed by atoms with Gasteiger partial charge in [0, 0.05) is 37.1 Å². The molecule has 194 valence electrons. The van der Waals surface area contributed by atoms with Crippen molar-refractivity contribution in [3.05, 3.63) is 59.7 Å². The summed E-state index contributed by atoms with van der Waals surface area (Å²) in [4.78, 5) is 40.4. The first-order valence-corrected chi connectivity index (χ1v) is 12.2. The molecule has 3 rings (SSSR count). The van der Waals surface area contributed by atoms with Crippen molar-refractivity contribution < 1.29 is 33.3 Å². The number of hydrogen-bond acceptors (Lipinski definition) is 7. The summed E-state index contributed by atoms with van der Waals surface area (Å²) in [6, 6.07) is 13.5. The predicted octanol–water partition coefficient (Wildman–Crippen LogP) is 5.21. The lowest BCUT2D eigenvalue weighted by molar-refractivity contribution is -0.161. The maximum atomic E-state index is 13.4. The zero-order chi connectivity index (χ0) is 26.3. The summed E-state index contributed by atoms with van der Waals surface area (Å²) in [5.41, 5.74) is 0.396. The van der Waals surface area contributed by atoms with Crippen LogP contribution in [0.3, 0.4) is 0 Å². The molecule has 0 bridgehead atoms. The molecule has 2 aromatic rings. The van der Waals surface area contributed by atoms with Crippen LogP contribution >= 0.6 is 0 Å². The van der Waals surface area contributed by atoms with E-state index in [0.29, 0.717) is 55.0 Å². The van der Waals surface area contributed by atoms with Gasteiger partial charge < -0.3 is 23.8 Å². The number of hydrogen-bond donors (Lipinski definition) is 0. The highest BCUT2D eigenvalue weighted by Crippen LogP contribution is 2.28. The van der Waals surface area contributed by atoms with Crippen molar-refractivity contribution in [1.29, 1.82) is 0 Å². The first kappa shape index (κ1) is 27.0. The number of benzene rings is 2. The molecule has 1 unspecified atom stereocenters. The van der Waals surface area contributed by atoms with E-state index in [1.807, 2.05) is 20.8 Å². The second-order valence-electron chi connectivity index (χ2n) is 9.46. The Labute approximate surface area is 212 Å². The minimum absolute atomic E-state index is 0.226. The summed E-state index contributed by atoms with van der Waals surface area (Å²) < 4.78 is 21.8. The number of likely N-dealkylation sites (tertiary alicyclic amines) is 1. The number of carbonyl (C=O) groups is 3. The van der Waals surface area contributed by atoms with E-state index in [9.17, 15) is 14.4 Å². The molecule has 0 radical (unpaired) electrons. The molecule has 0 saturated carbocycles. The number of Topliss-reactive ketones (excluding diaryl/α,β-unsaturated/α-hetero) is 1. The van der Waals surface area contributed by atoms with Crippen LogP contribution in [0.5, 0.6) is 11.5 Å². The number of piperidine rings is 1. The van der Waals surface area contributed by atoms with Gasteiger partial charge in [0.1, 0.15) is 17.6 Å². The second kappa shape index (κ2) is 11.9. The van der Waals surface area contributed by atoms with E-state index in [1.54, 1.807) is 67.7 Å². The monoisotopic (exact) mass is 497 g/mol. The highest BCUT2D eigenvalue weighted by Gasteiger charge is 2.34. The quantitative estimate of drug-likeness (QED) is 0.347. The number of nitrogens with zero attached hydrogens (tertiary/aromatic N) is 1. The fourth-order valence-corrected chi connectivity index (χ4v) is 3.75. The van der Waals surface area contributed by atoms with Crippen molar-refractivity contribution in [2.24, 2.45) is 5.41 Å². The van der Waals surface area contributed by atoms with Crippen LogP contribution in [-0.2, 0) is 14.3 Å². The molecule has 2 aromatic carbocycles. The number of ketones is 1. The average Bonchev–Trinajstić information content (AvgIpc) is 2.91. The number of esters is 1. The van der Waals surface area contributed by atoms with Crippen LogP contribution in [0.1, 0.15) is 62.1 Å². The molecule has 1 heterocycles. The maximum absolute atomic E-state index is 13.4. The normalized spacial score (nSPS) is 15.1. The van der Waals surface area contributed by atoms with E-state index in [0.717, 1.165) is 0 Å². The van der Waals surface area contributed by atoms with Gasteiger partial charge in [-0.25, -0.2) is 4.79 Å². The SMILES string of the molecule is CCC(C)(C)C(=O)OC1CCN(C(=O)OC(C(=O)c2ccc(OC)cc2)c2ccc(OC)cc2)CC1. The fourth-order valence-electron chi connectivity index (χ4n) is 3.75. The van der Waals surface area contributed by atoms with Gasteiger partial charge in [0.05, 0.1) is 19.6 Å². The molecule has 0 aliphatic carbocycles. The molecule has 1 atom stereocenters. The highest BCUT2D eigenvalue weighted by atomic mass is 16.6. The van der Waals surface area contributed by atoms with Gasteiger partial charge in [0.25, 0.3) is 0 Å². The minimum atomic E-state index is -1.13. The Balaban J connectivity index is 1.70. The Morgan fingerprint density at radius 1 is 0.917 bits per heavy atom. The van der Waals surface area contributed by atoms with E-state index >= 15 is 0 Å². The van der Waals surface area contributed by atoms with Gasteiger partial charge in [-0.2, -0.15) is 0 Å². The lowest BCUT2D eigenvalue weighted by atomic mass is 9.90.